The van der Waals surface area contributed by atoms with Gasteiger partial charge in [-0.15, -0.1) is 23.7 Å². The molecule has 3 rings (SSSR count). The summed E-state index contributed by atoms with van der Waals surface area (Å²) in [6.07, 6.45) is 4.69. The van der Waals surface area contributed by atoms with E-state index in [4.69, 9.17) is 5.73 Å². The molecule has 1 amide bonds. The van der Waals surface area contributed by atoms with Crippen LogP contribution >= 0.6 is 23.7 Å². The van der Waals surface area contributed by atoms with Crippen molar-refractivity contribution in [3.8, 4) is 0 Å². The van der Waals surface area contributed by atoms with Crippen LogP contribution < -0.4 is 10.6 Å². The van der Waals surface area contributed by atoms with Crippen LogP contribution in [0.4, 0.5) is 5.13 Å². The van der Waals surface area contributed by atoms with Crippen LogP contribution in [-0.4, -0.2) is 47.5 Å². The van der Waals surface area contributed by atoms with E-state index < -0.39 is 0 Å². The van der Waals surface area contributed by atoms with Crippen molar-refractivity contribution < 1.29 is 4.79 Å². The van der Waals surface area contributed by atoms with Crippen LogP contribution in [0, 0.1) is 5.41 Å². The van der Waals surface area contributed by atoms with Crippen LogP contribution in [0.3, 0.4) is 0 Å². The minimum Gasteiger partial charge on any atom is -0.340 e. The minimum atomic E-state index is -0.0405. The summed E-state index contributed by atoms with van der Waals surface area (Å²) < 4.78 is 0. The first-order chi connectivity index (χ1) is 9.99. The van der Waals surface area contributed by atoms with Crippen molar-refractivity contribution in [2.45, 2.75) is 45.2 Å². The van der Waals surface area contributed by atoms with Gasteiger partial charge in [-0.1, -0.05) is 13.8 Å². The van der Waals surface area contributed by atoms with E-state index >= 15 is 0 Å². The van der Waals surface area contributed by atoms with Gasteiger partial charge in [0.25, 0.3) is 0 Å². The van der Waals surface area contributed by atoms with Crippen LogP contribution in [0.1, 0.15) is 33.1 Å². The maximum atomic E-state index is 12.9. The number of anilines is 1. The van der Waals surface area contributed by atoms with Gasteiger partial charge < -0.3 is 15.5 Å². The summed E-state index contributed by atoms with van der Waals surface area (Å²) in [4.78, 5) is 21.5. The van der Waals surface area contributed by atoms with Crippen molar-refractivity contribution in [1.29, 1.82) is 0 Å². The van der Waals surface area contributed by atoms with Crippen molar-refractivity contribution in [2.24, 2.45) is 11.1 Å². The molecule has 0 aromatic carbocycles. The van der Waals surface area contributed by atoms with Gasteiger partial charge in [0, 0.05) is 37.3 Å². The lowest BCUT2D eigenvalue weighted by atomic mass is 9.79. The van der Waals surface area contributed by atoms with Crippen LogP contribution in [-0.2, 0) is 4.79 Å². The number of likely N-dealkylation sites (tertiary alicyclic amines) is 1. The Kier molecular flexibility index (Phi) is 5.35. The summed E-state index contributed by atoms with van der Waals surface area (Å²) in [5, 5.41) is 2.94. The highest BCUT2D eigenvalue weighted by Crippen LogP contribution is 2.32. The molecule has 1 aromatic rings. The number of carbonyl (C=O) groups is 1. The number of aromatic nitrogens is 1. The molecule has 2 aliphatic rings. The van der Waals surface area contributed by atoms with Gasteiger partial charge in [0.15, 0.2) is 5.13 Å². The number of carbonyl (C=O) groups excluding carboxylic acids is 1. The largest absolute Gasteiger partial charge is 0.340 e. The number of thiazole rings is 1. The Labute approximate surface area is 142 Å². The molecule has 2 fully saturated rings. The molecule has 2 saturated heterocycles. The van der Waals surface area contributed by atoms with E-state index in [0.717, 1.165) is 44.0 Å². The van der Waals surface area contributed by atoms with E-state index in [1.54, 1.807) is 11.3 Å². The Morgan fingerprint density at radius 3 is 2.82 bits per heavy atom. The third kappa shape index (κ3) is 3.24. The highest BCUT2D eigenvalue weighted by molar-refractivity contribution is 7.13. The fraction of sp³-hybridized carbons (Fsp3) is 0.733. The number of nitrogens with two attached hydrogens (primary N) is 1. The van der Waals surface area contributed by atoms with Gasteiger partial charge in [-0.2, -0.15) is 0 Å². The standard InChI is InChI=1S/C15H24N4OS.ClH/c1-15(2)10-18(8-5-12(15)16)13(20)11-4-3-7-19(11)14-17-6-9-21-14;/h6,9,11-12H,3-5,7-8,10,16H2,1-2H3;1H. The molecular formula is C15H25ClN4OS. The van der Waals surface area contributed by atoms with Gasteiger partial charge in [0.1, 0.15) is 6.04 Å². The molecule has 0 spiro atoms. The zero-order chi connectivity index (χ0) is 15.0. The lowest BCUT2D eigenvalue weighted by Crippen LogP contribution is -2.57. The van der Waals surface area contributed by atoms with Crippen molar-refractivity contribution in [3.63, 3.8) is 0 Å². The fourth-order valence-corrected chi connectivity index (χ4v) is 4.10. The molecule has 5 nitrogen and oxygen atoms in total. The molecule has 0 radical (unpaired) electrons. The van der Waals surface area contributed by atoms with Crippen LogP contribution in [0.5, 0.6) is 0 Å². The summed E-state index contributed by atoms with van der Waals surface area (Å²) in [5.74, 6) is 0.252. The Morgan fingerprint density at radius 1 is 1.41 bits per heavy atom. The molecular weight excluding hydrogens is 320 g/mol. The molecule has 22 heavy (non-hydrogen) atoms. The van der Waals surface area contributed by atoms with E-state index in [9.17, 15) is 4.79 Å². The summed E-state index contributed by atoms with van der Waals surface area (Å²) in [6.45, 7) is 6.79. The topological polar surface area (TPSA) is 62.5 Å². The first-order valence-corrected chi connectivity index (χ1v) is 8.57. The second-order valence-corrected chi connectivity index (χ2v) is 7.68. The van der Waals surface area contributed by atoms with Crippen molar-refractivity contribution in [2.75, 3.05) is 24.5 Å². The summed E-state index contributed by atoms with van der Waals surface area (Å²) in [7, 11) is 0. The first kappa shape index (κ1) is 17.5. The van der Waals surface area contributed by atoms with E-state index in [-0.39, 0.29) is 35.8 Å². The Morgan fingerprint density at radius 2 is 2.18 bits per heavy atom. The number of nitrogens with zero attached hydrogens (tertiary/aromatic N) is 3. The Hall–Kier alpha value is -0.850. The number of hydrogen-bond acceptors (Lipinski definition) is 5. The predicted octanol–water partition coefficient (Wildman–Crippen LogP) is 2.12. The molecule has 0 saturated carbocycles. The lowest BCUT2D eigenvalue weighted by molar-refractivity contribution is -0.135. The molecule has 1 aromatic heterocycles. The number of hydrogen-bond donors (Lipinski definition) is 1. The highest BCUT2D eigenvalue weighted by Gasteiger charge is 2.40. The molecule has 2 atom stereocenters. The number of halogens is 1. The van der Waals surface area contributed by atoms with E-state index in [2.05, 4.69) is 23.7 Å². The smallest absolute Gasteiger partial charge is 0.245 e. The minimum absolute atomic E-state index is 0. The molecule has 0 aliphatic carbocycles. The predicted molar refractivity (Wildman–Crippen MR) is 92.7 cm³/mol. The van der Waals surface area contributed by atoms with Gasteiger partial charge in [0.05, 0.1) is 0 Å². The Balaban J connectivity index is 0.00000176. The van der Waals surface area contributed by atoms with E-state index in [1.165, 1.54) is 0 Å². The van der Waals surface area contributed by atoms with Gasteiger partial charge in [-0.05, 0) is 24.7 Å². The maximum absolute atomic E-state index is 12.9. The second-order valence-electron chi connectivity index (χ2n) is 6.81. The van der Waals surface area contributed by atoms with Gasteiger partial charge >= 0.3 is 0 Å². The molecule has 7 heteroatoms. The van der Waals surface area contributed by atoms with Gasteiger partial charge in [0.2, 0.25) is 5.91 Å². The average molecular weight is 345 g/mol. The summed E-state index contributed by atoms with van der Waals surface area (Å²) in [5.41, 5.74) is 6.17. The van der Waals surface area contributed by atoms with Gasteiger partial charge in [-0.25, -0.2) is 4.98 Å². The van der Waals surface area contributed by atoms with Crippen LogP contribution in [0.2, 0.25) is 0 Å². The number of piperidine rings is 1. The Bertz CT molecular complexity index is 508. The van der Waals surface area contributed by atoms with Crippen LogP contribution in [0.25, 0.3) is 0 Å². The molecule has 2 unspecified atom stereocenters. The summed E-state index contributed by atoms with van der Waals surface area (Å²) >= 11 is 1.61. The second kappa shape index (κ2) is 6.72. The first-order valence-electron chi connectivity index (χ1n) is 7.69. The number of rotatable bonds is 2. The normalized spacial score (nSPS) is 27.6. The molecule has 2 aliphatic heterocycles. The SMILES string of the molecule is CC1(C)CN(C(=O)C2CCCN2c2nccs2)CCC1N.Cl. The number of amides is 1. The third-order valence-electron chi connectivity index (χ3n) is 4.83. The average Bonchev–Trinajstić information content (AvgIpc) is 3.09. The van der Waals surface area contributed by atoms with Crippen molar-refractivity contribution >= 4 is 34.8 Å². The highest BCUT2D eigenvalue weighted by atomic mass is 35.5. The van der Waals surface area contributed by atoms with Crippen molar-refractivity contribution in [1.82, 2.24) is 9.88 Å². The zero-order valence-electron chi connectivity index (χ0n) is 13.2. The molecule has 124 valence electrons. The summed E-state index contributed by atoms with van der Waals surface area (Å²) in [6, 6.07) is 0.140. The van der Waals surface area contributed by atoms with E-state index in [1.807, 2.05) is 16.5 Å². The quantitative estimate of drug-likeness (QED) is 0.892. The fourth-order valence-electron chi connectivity index (χ4n) is 3.38. The molecule has 3 heterocycles. The van der Waals surface area contributed by atoms with Crippen LogP contribution in [0.15, 0.2) is 11.6 Å². The molecule has 0 bridgehead atoms. The third-order valence-corrected chi connectivity index (χ3v) is 5.64. The van der Waals surface area contributed by atoms with Crippen molar-refractivity contribution in [3.05, 3.63) is 11.6 Å². The lowest BCUT2D eigenvalue weighted by Gasteiger charge is -2.44. The molecule has 2 N–H and O–H groups in total. The zero-order valence-corrected chi connectivity index (χ0v) is 14.8. The maximum Gasteiger partial charge on any atom is 0.245 e. The monoisotopic (exact) mass is 344 g/mol. The van der Waals surface area contributed by atoms with Gasteiger partial charge in [-0.3, -0.25) is 4.79 Å². The van der Waals surface area contributed by atoms with E-state index in [0.29, 0.717) is 0 Å².